The molecule has 198 valence electrons. The van der Waals surface area contributed by atoms with Gasteiger partial charge in [-0.2, -0.15) is 13.2 Å². The number of carbonyl (C=O) groups excluding carboxylic acids is 1. The van der Waals surface area contributed by atoms with Crippen LogP contribution in [0.4, 0.5) is 22.0 Å². The first-order valence-corrected chi connectivity index (χ1v) is 13.4. The zero-order valence-corrected chi connectivity index (χ0v) is 21.2. The zero-order chi connectivity index (χ0) is 26.9. The van der Waals surface area contributed by atoms with Gasteiger partial charge in [0.05, 0.1) is 10.6 Å². The lowest BCUT2D eigenvalue weighted by molar-refractivity contribution is -0.141. The summed E-state index contributed by atoms with van der Waals surface area (Å²) < 4.78 is 91.0. The van der Waals surface area contributed by atoms with E-state index in [1.54, 1.807) is 0 Å². The van der Waals surface area contributed by atoms with Gasteiger partial charge in [0.25, 0.3) is 5.92 Å². The van der Waals surface area contributed by atoms with Crippen molar-refractivity contribution in [3.63, 3.8) is 0 Å². The summed E-state index contributed by atoms with van der Waals surface area (Å²) in [5, 5.41) is 0. The molecule has 0 saturated heterocycles. The maximum Gasteiger partial charge on any atom is 0.433 e. The van der Waals surface area contributed by atoms with E-state index in [0.29, 0.717) is 12.3 Å². The van der Waals surface area contributed by atoms with Crippen molar-refractivity contribution in [2.75, 3.05) is 5.75 Å². The van der Waals surface area contributed by atoms with Crippen LogP contribution < -0.4 is 0 Å². The van der Waals surface area contributed by atoms with Crippen LogP contribution in [0, 0.1) is 17.3 Å². The summed E-state index contributed by atoms with van der Waals surface area (Å²) in [7, 11) is -3.76. The Balaban J connectivity index is 1.48. The average Bonchev–Trinajstić information content (AvgIpc) is 2.73. The normalized spacial score (nSPS) is 19.1. The minimum absolute atomic E-state index is 0.109. The fourth-order valence-corrected chi connectivity index (χ4v) is 6.66. The highest BCUT2D eigenvalue weighted by Crippen LogP contribution is 2.48. The van der Waals surface area contributed by atoms with Crippen LogP contribution in [-0.4, -0.2) is 24.9 Å². The number of nitrogens with zero attached hydrogens (tertiary/aromatic N) is 1. The number of sulfone groups is 1. The highest BCUT2D eigenvalue weighted by atomic mass is 32.2. The van der Waals surface area contributed by atoms with Crippen molar-refractivity contribution in [3.8, 4) is 0 Å². The molecule has 36 heavy (non-hydrogen) atoms. The van der Waals surface area contributed by atoms with Crippen LogP contribution in [0.5, 0.6) is 0 Å². The van der Waals surface area contributed by atoms with Crippen LogP contribution in [-0.2, 0) is 21.9 Å². The molecule has 1 saturated carbocycles. The second-order valence-corrected chi connectivity index (χ2v) is 12.4. The van der Waals surface area contributed by atoms with Gasteiger partial charge in [-0.1, -0.05) is 26.0 Å². The van der Waals surface area contributed by atoms with Gasteiger partial charge < -0.3 is 0 Å². The maximum atomic E-state index is 13.6. The molecule has 3 rings (SSSR count). The van der Waals surface area contributed by atoms with E-state index in [2.05, 4.69) is 4.98 Å². The van der Waals surface area contributed by atoms with Gasteiger partial charge in [0, 0.05) is 30.7 Å². The molecule has 0 atom stereocenters. The lowest BCUT2D eigenvalue weighted by Gasteiger charge is -2.45. The summed E-state index contributed by atoms with van der Waals surface area (Å²) in [4.78, 5) is 15.5. The van der Waals surface area contributed by atoms with Crippen LogP contribution in [0.15, 0.2) is 47.5 Å². The average molecular weight is 532 g/mol. The molecule has 1 aliphatic carbocycles. The van der Waals surface area contributed by atoms with E-state index >= 15 is 0 Å². The van der Waals surface area contributed by atoms with Crippen LogP contribution in [0.3, 0.4) is 0 Å². The van der Waals surface area contributed by atoms with Crippen molar-refractivity contribution in [1.82, 2.24) is 4.98 Å². The first-order valence-electron chi connectivity index (χ1n) is 11.8. The molecule has 10 heteroatoms. The minimum Gasteiger partial charge on any atom is -0.294 e. The molecular formula is C26H30F5NO3S. The Hall–Kier alpha value is -2.36. The number of pyridine rings is 1. The van der Waals surface area contributed by atoms with Gasteiger partial charge in [0.15, 0.2) is 15.6 Å². The van der Waals surface area contributed by atoms with Crippen molar-refractivity contribution in [3.05, 3.63) is 59.4 Å². The van der Waals surface area contributed by atoms with Gasteiger partial charge >= 0.3 is 6.18 Å². The molecule has 0 aliphatic heterocycles. The summed E-state index contributed by atoms with van der Waals surface area (Å²) >= 11 is 0. The molecule has 1 fully saturated rings. The summed E-state index contributed by atoms with van der Waals surface area (Å²) in [6, 6.07) is 6.85. The molecule has 0 spiro atoms. The fourth-order valence-electron chi connectivity index (χ4n) is 4.69. The molecule has 0 unspecified atom stereocenters. The number of rotatable bonds is 10. The van der Waals surface area contributed by atoms with Crippen molar-refractivity contribution in [2.45, 2.75) is 69.9 Å². The molecule has 0 bridgehead atoms. The van der Waals surface area contributed by atoms with Crippen LogP contribution in [0.1, 0.15) is 74.5 Å². The second-order valence-electron chi connectivity index (χ2n) is 10.4. The zero-order valence-electron chi connectivity index (χ0n) is 20.4. The molecule has 0 N–H and O–H groups in total. The third kappa shape index (κ3) is 6.89. The molecule has 0 radical (unpaired) electrons. The Morgan fingerprint density at radius 1 is 1.03 bits per heavy atom. The van der Waals surface area contributed by atoms with Crippen molar-refractivity contribution >= 4 is 15.6 Å². The lowest BCUT2D eigenvalue weighted by Crippen LogP contribution is -2.40. The number of alkyl halides is 5. The Morgan fingerprint density at radius 3 is 2.25 bits per heavy atom. The van der Waals surface area contributed by atoms with Gasteiger partial charge in [0.2, 0.25) is 0 Å². The van der Waals surface area contributed by atoms with E-state index in [-0.39, 0.29) is 39.9 Å². The molecule has 1 aliphatic rings. The number of hydrogen-bond acceptors (Lipinski definition) is 4. The Bertz CT molecular complexity index is 1180. The Kier molecular flexibility index (Phi) is 7.98. The van der Waals surface area contributed by atoms with E-state index in [0.717, 1.165) is 50.6 Å². The number of ketones is 1. The monoisotopic (exact) mass is 531 g/mol. The first kappa shape index (κ1) is 28.2. The molecule has 1 aromatic carbocycles. The number of halogens is 5. The number of Topliss-reactive ketones (excluding diaryl/α,β-unsaturated/α-hetero) is 1. The second kappa shape index (κ2) is 10.2. The molecule has 1 heterocycles. The predicted molar refractivity (Wildman–Crippen MR) is 125 cm³/mol. The highest BCUT2D eigenvalue weighted by molar-refractivity contribution is 7.91. The van der Waals surface area contributed by atoms with E-state index in [1.807, 2.05) is 13.8 Å². The Labute approximate surface area is 208 Å². The number of aromatic nitrogens is 1. The van der Waals surface area contributed by atoms with Gasteiger partial charge in [0.1, 0.15) is 5.69 Å². The summed E-state index contributed by atoms with van der Waals surface area (Å²) in [5.41, 5.74) is -1.79. The third-order valence-electron chi connectivity index (χ3n) is 7.00. The standard InChI is InChI=1S/C26H30F5NO3S/c1-24(2,16-36(34,35)21-8-5-7-19(14-21)25(3,27)28)20-12-17(13-20)6-4-9-22(33)18-10-11-23(32-15-18)26(29,30)31/h5,7-8,10-11,14-15,17,20H,4,6,9,12-13,16H2,1-3H3. The third-order valence-corrected chi connectivity index (χ3v) is 9.09. The van der Waals surface area contributed by atoms with E-state index in [4.69, 9.17) is 0 Å². The van der Waals surface area contributed by atoms with Gasteiger partial charge in [-0.05, 0) is 67.2 Å². The predicted octanol–water partition coefficient (Wildman–Crippen LogP) is 7.09. The van der Waals surface area contributed by atoms with Crippen molar-refractivity contribution in [1.29, 1.82) is 0 Å². The lowest BCUT2D eigenvalue weighted by atomic mass is 9.62. The fraction of sp³-hybridized carbons (Fsp3) is 0.538. The van der Waals surface area contributed by atoms with Crippen LogP contribution in [0.2, 0.25) is 0 Å². The molecule has 1 aromatic heterocycles. The number of carbonyl (C=O) groups is 1. The maximum absolute atomic E-state index is 13.6. The smallest absolute Gasteiger partial charge is 0.294 e. The summed E-state index contributed by atoms with van der Waals surface area (Å²) in [6.45, 7) is 4.46. The van der Waals surface area contributed by atoms with Crippen molar-refractivity contribution < 1.29 is 35.2 Å². The summed E-state index contributed by atoms with van der Waals surface area (Å²) in [5.74, 6) is -3.08. The van der Waals surface area contributed by atoms with E-state index in [1.165, 1.54) is 18.2 Å². The molecule has 0 amide bonds. The highest BCUT2D eigenvalue weighted by Gasteiger charge is 2.42. The van der Waals surface area contributed by atoms with E-state index < -0.39 is 33.0 Å². The number of hydrogen-bond donors (Lipinski definition) is 0. The Morgan fingerprint density at radius 2 is 1.69 bits per heavy atom. The number of benzene rings is 1. The van der Waals surface area contributed by atoms with Crippen LogP contribution in [0.25, 0.3) is 0 Å². The topological polar surface area (TPSA) is 64.1 Å². The molecular weight excluding hydrogens is 501 g/mol. The first-order chi connectivity index (χ1) is 16.5. The largest absolute Gasteiger partial charge is 0.433 e. The van der Waals surface area contributed by atoms with Gasteiger partial charge in [-0.15, -0.1) is 0 Å². The molecule has 4 nitrogen and oxygen atoms in total. The van der Waals surface area contributed by atoms with E-state index in [9.17, 15) is 35.2 Å². The molecule has 2 aromatic rings. The van der Waals surface area contributed by atoms with Gasteiger partial charge in [-0.3, -0.25) is 9.78 Å². The summed E-state index contributed by atoms with van der Waals surface area (Å²) in [6.07, 6.45) is -0.475. The SMILES string of the molecule is CC(F)(F)c1cccc(S(=O)(=O)CC(C)(C)C2CC(CCCC(=O)c3ccc(C(F)(F)F)nc3)C2)c1. The quantitative estimate of drug-likeness (QED) is 0.243. The minimum atomic E-state index is -4.55. The van der Waals surface area contributed by atoms with Crippen molar-refractivity contribution in [2.24, 2.45) is 17.3 Å². The van der Waals surface area contributed by atoms with Crippen LogP contribution >= 0.6 is 0 Å². The van der Waals surface area contributed by atoms with Gasteiger partial charge in [-0.25, -0.2) is 17.2 Å².